The molecule has 0 aromatic heterocycles. The van der Waals surface area contributed by atoms with E-state index in [9.17, 15) is 0 Å². The van der Waals surface area contributed by atoms with Crippen LogP contribution in [0.3, 0.4) is 0 Å². The van der Waals surface area contributed by atoms with Gasteiger partial charge in [-0.3, -0.25) is 0 Å². The zero-order valence-corrected chi connectivity index (χ0v) is 12.6. The standard InChI is InChI=1S/C19H21N/c1-12-8-13(2)10-16(9-12)18-11-15(4)19-14(3)6-5-7-17(19)20-18/h5-11,18,20H,1-4H3. The highest BCUT2D eigenvalue weighted by Crippen LogP contribution is 2.37. The van der Waals surface area contributed by atoms with E-state index in [1.54, 1.807) is 0 Å². The lowest BCUT2D eigenvalue weighted by molar-refractivity contribution is 0.962. The van der Waals surface area contributed by atoms with Crippen LogP contribution in [-0.4, -0.2) is 0 Å². The third-order valence-corrected chi connectivity index (χ3v) is 4.00. The van der Waals surface area contributed by atoms with Crippen LogP contribution in [0, 0.1) is 20.8 Å². The van der Waals surface area contributed by atoms with Gasteiger partial charge in [-0.05, 0) is 50.5 Å². The molecule has 102 valence electrons. The van der Waals surface area contributed by atoms with E-state index < -0.39 is 0 Å². The lowest BCUT2D eigenvalue weighted by Crippen LogP contribution is -2.15. The van der Waals surface area contributed by atoms with Gasteiger partial charge in [0.1, 0.15) is 0 Å². The Morgan fingerprint density at radius 3 is 2.30 bits per heavy atom. The maximum Gasteiger partial charge on any atom is 0.0704 e. The number of allylic oxidation sites excluding steroid dienone is 1. The highest BCUT2D eigenvalue weighted by Gasteiger charge is 2.19. The van der Waals surface area contributed by atoms with Crippen LogP contribution >= 0.6 is 0 Å². The summed E-state index contributed by atoms with van der Waals surface area (Å²) in [5, 5.41) is 3.66. The predicted octanol–water partition coefficient (Wildman–Crippen LogP) is 5.18. The van der Waals surface area contributed by atoms with Gasteiger partial charge in [-0.2, -0.15) is 0 Å². The zero-order valence-electron chi connectivity index (χ0n) is 12.6. The number of anilines is 1. The van der Waals surface area contributed by atoms with E-state index in [1.165, 1.54) is 39.1 Å². The Hall–Kier alpha value is -2.02. The molecule has 0 bridgehead atoms. The molecule has 0 amide bonds. The summed E-state index contributed by atoms with van der Waals surface area (Å²) in [5.74, 6) is 0. The van der Waals surface area contributed by atoms with Crippen LogP contribution < -0.4 is 5.32 Å². The second-order valence-corrected chi connectivity index (χ2v) is 5.89. The Bertz CT molecular complexity index is 675. The Kier molecular flexibility index (Phi) is 3.13. The van der Waals surface area contributed by atoms with Crippen molar-refractivity contribution in [1.29, 1.82) is 0 Å². The number of fused-ring (bicyclic) bond motifs is 1. The molecule has 3 rings (SSSR count). The Labute approximate surface area is 121 Å². The van der Waals surface area contributed by atoms with Gasteiger partial charge < -0.3 is 5.32 Å². The van der Waals surface area contributed by atoms with Gasteiger partial charge in [0.05, 0.1) is 6.04 Å². The van der Waals surface area contributed by atoms with E-state index in [-0.39, 0.29) is 6.04 Å². The van der Waals surface area contributed by atoms with Gasteiger partial charge in [0.25, 0.3) is 0 Å². The van der Waals surface area contributed by atoms with Gasteiger partial charge in [0, 0.05) is 11.3 Å². The van der Waals surface area contributed by atoms with Crippen molar-refractivity contribution in [3.63, 3.8) is 0 Å². The van der Waals surface area contributed by atoms with Crippen molar-refractivity contribution in [1.82, 2.24) is 0 Å². The molecule has 2 aromatic rings. The second-order valence-electron chi connectivity index (χ2n) is 5.89. The first-order chi connectivity index (χ1) is 9.54. The molecule has 0 saturated heterocycles. The van der Waals surface area contributed by atoms with Crippen molar-refractivity contribution in [3.05, 3.63) is 70.3 Å². The number of benzene rings is 2. The summed E-state index contributed by atoms with van der Waals surface area (Å²) >= 11 is 0. The highest BCUT2D eigenvalue weighted by molar-refractivity contribution is 5.81. The van der Waals surface area contributed by atoms with Gasteiger partial charge in [-0.25, -0.2) is 0 Å². The van der Waals surface area contributed by atoms with Crippen molar-refractivity contribution in [2.24, 2.45) is 0 Å². The normalized spacial score (nSPS) is 17.2. The quantitative estimate of drug-likeness (QED) is 0.747. The van der Waals surface area contributed by atoms with Gasteiger partial charge >= 0.3 is 0 Å². The lowest BCUT2D eigenvalue weighted by Gasteiger charge is -2.27. The number of rotatable bonds is 1. The maximum atomic E-state index is 3.66. The van der Waals surface area contributed by atoms with Crippen molar-refractivity contribution < 1.29 is 0 Å². The first kappa shape index (κ1) is 13.0. The summed E-state index contributed by atoms with van der Waals surface area (Å²) in [7, 11) is 0. The van der Waals surface area contributed by atoms with E-state index in [0.29, 0.717) is 0 Å². The first-order valence-corrected chi connectivity index (χ1v) is 7.18. The molecule has 0 saturated carbocycles. The van der Waals surface area contributed by atoms with Crippen LogP contribution in [0.5, 0.6) is 0 Å². The molecule has 1 atom stereocenters. The summed E-state index contributed by atoms with van der Waals surface area (Å²) in [6.07, 6.45) is 2.34. The minimum Gasteiger partial charge on any atom is -0.374 e. The molecule has 0 fully saturated rings. The van der Waals surface area contributed by atoms with Crippen molar-refractivity contribution >= 4 is 11.3 Å². The van der Waals surface area contributed by atoms with Gasteiger partial charge in [-0.15, -0.1) is 0 Å². The summed E-state index contributed by atoms with van der Waals surface area (Å²) in [6, 6.07) is 13.5. The molecule has 1 aliphatic heterocycles. The van der Waals surface area contributed by atoms with E-state index in [2.05, 4.69) is 75.5 Å². The monoisotopic (exact) mass is 263 g/mol. The third kappa shape index (κ3) is 2.24. The number of hydrogen-bond acceptors (Lipinski definition) is 1. The van der Waals surface area contributed by atoms with Crippen molar-refractivity contribution in [2.45, 2.75) is 33.7 Å². The molecule has 1 aliphatic rings. The average molecular weight is 263 g/mol. The average Bonchev–Trinajstić information content (AvgIpc) is 2.37. The number of nitrogens with one attached hydrogen (secondary N) is 1. The van der Waals surface area contributed by atoms with E-state index in [1.807, 2.05) is 0 Å². The number of hydrogen-bond donors (Lipinski definition) is 1. The molecule has 1 N–H and O–H groups in total. The minimum absolute atomic E-state index is 0.267. The third-order valence-electron chi connectivity index (χ3n) is 4.00. The molecule has 0 aliphatic carbocycles. The Balaban J connectivity index is 2.06. The van der Waals surface area contributed by atoms with E-state index >= 15 is 0 Å². The molecule has 1 nitrogen and oxygen atoms in total. The molecule has 0 radical (unpaired) electrons. The number of aryl methyl sites for hydroxylation is 3. The molecule has 1 unspecified atom stereocenters. The molecular weight excluding hydrogens is 242 g/mol. The summed E-state index contributed by atoms with van der Waals surface area (Å²) in [4.78, 5) is 0. The van der Waals surface area contributed by atoms with Crippen LogP contribution in [-0.2, 0) is 0 Å². The van der Waals surface area contributed by atoms with E-state index in [4.69, 9.17) is 0 Å². The van der Waals surface area contributed by atoms with Crippen LogP contribution in [0.1, 0.15) is 40.8 Å². The predicted molar refractivity (Wildman–Crippen MR) is 87.1 cm³/mol. The smallest absolute Gasteiger partial charge is 0.0704 e. The second kappa shape index (κ2) is 4.82. The summed E-state index contributed by atoms with van der Waals surface area (Å²) in [5.41, 5.74) is 9.28. The van der Waals surface area contributed by atoms with Gasteiger partial charge in [0.15, 0.2) is 0 Å². The largest absolute Gasteiger partial charge is 0.374 e. The SMILES string of the molecule is CC1=CC(c2cc(C)cc(C)c2)Nc2cccc(C)c21. The fourth-order valence-corrected chi connectivity index (χ4v) is 3.22. The topological polar surface area (TPSA) is 12.0 Å². The molecule has 20 heavy (non-hydrogen) atoms. The van der Waals surface area contributed by atoms with Gasteiger partial charge in [-0.1, -0.05) is 47.5 Å². The molecule has 1 heterocycles. The van der Waals surface area contributed by atoms with E-state index in [0.717, 1.165) is 0 Å². The van der Waals surface area contributed by atoms with Gasteiger partial charge in [0.2, 0.25) is 0 Å². The fraction of sp³-hybridized carbons (Fsp3) is 0.263. The summed E-state index contributed by atoms with van der Waals surface area (Å²) < 4.78 is 0. The summed E-state index contributed by atoms with van der Waals surface area (Å²) in [6.45, 7) is 8.71. The molecular formula is C19H21N. The Morgan fingerprint density at radius 1 is 0.900 bits per heavy atom. The van der Waals surface area contributed by atoms with Crippen LogP contribution in [0.15, 0.2) is 42.5 Å². The maximum absolute atomic E-state index is 3.66. The molecule has 0 spiro atoms. The first-order valence-electron chi connectivity index (χ1n) is 7.18. The molecule has 1 heteroatoms. The van der Waals surface area contributed by atoms with Crippen LogP contribution in [0.4, 0.5) is 5.69 Å². The Morgan fingerprint density at radius 2 is 1.60 bits per heavy atom. The van der Waals surface area contributed by atoms with Crippen LogP contribution in [0.2, 0.25) is 0 Å². The lowest BCUT2D eigenvalue weighted by atomic mass is 9.91. The molecule has 2 aromatic carbocycles. The van der Waals surface area contributed by atoms with Crippen molar-refractivity contribution in [3.8, 4) is 0 Å². The van der Waals surface area contributed by atoms with Crippen LogP contribution in [0.25, 0.3) is 5.57 Å². The zero-order chi connectivity index (χ0) is 14.3. The highest BCUT2D eigenvalue weighted by atomic mass is 14.9. The van der Waals surface area contributed by atoms with Crippen molar-refractivity contribution in [2.75, 3.05) is 5.32 Å². The minimum atomic E-state index is 0.267. The fourth-order valence-electron chi connectivity index (χ4n) is 3.22.